The molecule has 0 saturated carbocycles. The van der Waals surface area contributed by atoms with Gasteiger partial charge < -0.3 is 24.4 Å². The number of nitrogens with one attached hydrogen (secondary N) is 1. The van der Waals surface area contributed by atoms with E-state index in [9.17, 15) is 9.59 Å². The molecule has 1 atom stereocenters. The van der Waals surface area contributed by atoms with Crippen LogP contribution in [0, 0.1) is 5.92 Å². The van der Waals surface area contributed by atoms with Gasteiger partial charge >= 0.3 is 5.97 Å². The molecule has 0 aromatic heterocycles. The average Bonchev–Trinajstić information content (AvgIpc) is 3.31. The Bertz CT molecular complexity index is 1290. The number of carbonyl (C=O) groups is 2. The molecule has 1 N–H and O–H groups in total. The molecule has 0 fully saturated rings. The minimum absolute atomic E-state index is 0.0910. The molecule has 200 valence electrons. The number of amidine groups is 1. The van der Waals surface area contributed by atoms with Gasteiger partial charge in [0.05, 0.1) is 38.0 Å². The molecule has 0 radical (unpaired) electrons. The highest BCUT2D eigenvalue weighted by molar-refractivity contribution is 8.16. The number of benzene rings is 2. The van der Waals surface area contributed by atoms with Crippen molar-refractivity contribution in [3.05, 3.63) is 82.0 Å². The first kappa shape index (κ1) is 27.3. The molecule has 38 heavy (non-hydrogen) atoms. The molecular weight excluding hydrogens is 502 g/mol. The second-order valence-corrected chi connectivity index (χ2v) is 10.3. The molecule has 4 rings (SSSR count). The molecular formula is C29H33N3O5S. The Morgan fingerprint density at radius 2 is 1.87 bits per heavy atom. The number of amides is 1. The first-order valence-electron chi connectivity index (χ1n) is 12.5. The molecule has 2 aliphatic heterocycles. The van der Waals surface area contributed by atoms with Crippen LogP contribution in [0.4, 0.5) is 0 Å². The quantitative estimate of drug-likeness (QED) is 0.419. The normalized spacial score (nSPS) is 16.6. The molecule has 9 heteroatoms. The van der Waals surface area contributed by atoms with E-state index in [-0.39, 0.29) is 18.9 Å². The summed E-state index contributed by atoms with van der Waals surface area (Å²) in [5, 5.41) is 5.59. The van der Waals surface area contributed by atoms with Gasteiger partial charge in [0.2, 0.25) is 5.91 Å². The number of hydrogen-bond acceptors (Lipinski definition) is 8. The summed E-state index contributed by atoms with van der Waals surface area (Å²) in [6, 6.07) is 14.4. The molecule has 2 aromatic rings. The van der Waals surface area contributed by atoms with Crippen LogP contribution in [-0.2, 0) is 20.9 Å². The number of thioether (sulfide) groups is 1. The molecule has 2 aliphatic rings. The first-order chi connectivity index (χ1) is 18.3. The monoisotopic (exact) mass is 535 g/mol. The zero-order chi connectivity index (χ0) is 27.2. The van der Waals surface area contributed by atoms with E-state index in [1.807, 2.05) is 66.6 Å². The van der Waals surface area contributed by atoms with Crippen LogP contribution in [0.3, 0.4) is 0 Å². The largest absolute Gasteiger partial charge is 0.497 e. The van der Waals surface area contributed by atoms with E-state index in [1.54, 1.807) is 27.2 Å². The number of hydrogen-bond donors (Lipinski definition) is 1. The van der Waals surface area contributed by atoms with Gasteiger partial charge in [0, 0.05) is 23.9 Å². The summed E-state index contributed by atoms with van der Waals surface area (Å²) in [5.41, 5.74) is 3.32. The van der Waals surface area contributed by atoms with Gasteiger partial charge in [-0.15, -0.1) is 0 Å². The maximum absolute atomic E-state index is 13.6. The molecule has 2 aromatic carbocycles. The van der Waals surface area contributed by atoms with Crippen molar-refractivity contribution < 1.29 is 23.8 Å². The summed E-state index contributed by atoms with van der Waals surface area (Å²) in [6.07, 6.45) is 0.152. The second kappa shape index (κ2) is 12.2. The SMILES string of the molecule is COc1ccc([C@@H]2C(C(=O)OCc3ccccc3)=C(C)N=C3SC=C(CC(=O)NCC(C)C)N32)c(OC)c1. The van der Waals surface area contributed by atoms with Crippen molar-refractivity contribution in [1.82, 2.24) is 10.2 Å². The Labute approximate surface area is 227 Å². The van der Waals surface area contributed by atoms with E-state index in [1.165, 1.54) is 11.8 Å². The van der Waals surface area contributed by atoms with Crippen molar-refractivity contribution in [2.24, 2.45) is 10.9 Å². The third kappa shape index (κ3) is 6.05. The molecule has 0 spiro atoms. The van der Waals surface area contributed by atoms with Crippen molar-refractivity contribution in [3.63, 3.8) is 0 Å². The predicted molar refractivity (Wildman–Crippen MR) is 149 cm³/mol. The molecule has 0 saturated heterocycles. The maximum atomic E-state index is 13.6. The van der Waals surface area contributed by atoms with E-state index in [4.69, 9.17) is 19.2 Å². The maximum Gasteiger partial charge on any atom is 0.338 e. The standard InChI is InChI=1S/C29H33N3O5S/c1-18(2)15-30-25(33)13-21-17-38-29-31-19(3)26(28(34)37-16-20-9-7-6-8-10-20)27(32(21)29)23-12-11-22(35-4)14-24(23)36-5/h6-12,14,17-18,27H,13,15-16H2,1-5H3,(H,30,33)/t27-/m1/s1. The smallest absolute Gasteiger partial charge is 0.338 e. The van der Waals surface area contributed by atoms with E-state index >= 15 is 0 Å². The van der Waals surface area contributed by atoms with Gasteiger partial charge in [-0.05, 0) is 35.9 Å². The van der Waals surface area contributed by atoms with Crippen LogP contribution in [0.2, 0.25) is 0 Å². The van der Waals surface area contributed by atoms with Crippen LogP contribution < -0.4 is 14.8 Å². The Morgan fingerprint density at radius 1 is 1.11 bits per heavy atom. The lowest BCUT2D eigenvalue weighted by atomic mass is 9.93. The summed E-state index contributed by atoms with van der Waals surface area (Å²) >= 11 is 1.43. The number of nitrogens with zero attached hydrogens (tertiary/aromatic N) is 2. The molecule has 0 bridgehead atoms. The zero-order valence-corrected chi connectivity index (χ0v) is 23.1. The van der Waals surface area contributed by atoms with Gasteiger partial charge in [0.15, 0.2) is 5.17 Å². The number of allylic oxidation sites excluding steroid dienone is 1. The van der Waals surface area contributed by atoms with Gasteiger partial charge in [-0.3, -0.25) is 4.79 Å². The predicted octanol–water partition coefficient (Wildman–Crippen LogP) is 5.18. The highest BCUT2D eigenvalue weighted by Gasteiger charge is 2.42. The number of carbonyl (C=O) groups excluding carboxylic acids is 2. The summed E-state index contributed by atoms with van der Waals surface area (Å²) in [4.78, 5) is 33.1. The van der Waals surface area contributed by atoms with Crippen LogP contribution in [-0.4, -0.2) is 42.7 Å². The van der Waals surface area contributed by atoms with Gasteiger partial charge in [0.25, 0.3) is 0 Å². The number of esters is 1. The number of ether oxygens (including phenoxy) is 3. The Morgan fingerprint density at radius 3 is 2.55 bits per heavy atom. The number of aliphatic imine (C=N–C) groups is 1. The van der Waals surface area contributed by atoms with Crippen molar-refractivity contribution in [2.45, 2.75) is 39.8 Å². The summed E-state index contributed by atoms with van der Waals surface area (Å²) in [7, 11) is 3.17. The Hall–Kier alpha value is -3.72. The third-order valence-electron chi connectivity index (χ3n) is 6.22. The van der Waals surface area contributed by atoms with Gasteiger partial charge in [-0.1, -0.05) is 55.9 Å². The fraction of sp³-hybridized carbons (Fsp3) is 0.345. The van der Waals surface area contributed by atoms with Crippen molar-refractivity contribution in [3.8, 4) is 11.5 Å². The lowest BCUT2D eigenvalue weighted by molar-refractivity contribution is -0.141. The van der Waals surface area contributed by atoms with Crippen LogP contribution in [0.5, 0.6) is 11.5 Å². The summed E-state index contributed by atoms with van der Waals surface area (Å²) in [5.74, 6) is 0.955. The number of fused-ring (bicyclic) bond motifs is 1. The number of methoxy groups -OCH3 is 2. The van der Waals surface area contributed by atoms with E-state index in [0.717, 1.165) is 16.8 Å². The minimum atomic E-state index is -0.606. The average molecular weight is 536 g/mol. The summed E-state index contributed by atoms with van der Waals surface area (Å²) < 4.78 is 16.9. The number of rotatable bonds is 10. The van der Waals surface area contributed by atoms with Crippen LogP contribution in [0.25, 0.3) is 0 Å². The van der Waals surface area contributed by atoms with E-state index in [2.05, 4.69) is 5.32 Å². The zero-order valence-electron chi connectivity index (χ0n) is 22.3. The molecule has 0 unspecified atom stereocenters. The second-order valence-electron chi connectivity index (χ2n) is 9.44. The molecule has 2 heterocycles. The van der Waals surface area contributed by atoms with E-state index < -0.39 is 12.0 Å². The lowest BCUT2D eigenvalue weighted by Gasteiger charge is -2.36. The third-order valence-corrected chi connectivity index (χ3v) is 7.11. The highest BCUT2D eigenvalue weighted by Crippen LogP contribution is 2.47. The van der Waals surface area contributed by atoms with Crippen LogP contribution in [0.1, 0.15) is 44.4 Å². The minimum Gasteiger partial charge on any atom is -0.497 e. The van der Waals surface area contributed by atoms with Gasteiger partial charge in [-0.25, -0.2) is 9.79 Å². The van der Waals surface area contributed by atoms with Crippen molar-refractivity contribution in [1.29, 1.82) is 0 Å². The van der Waals surface area contributed by atoms with E-state index in [0.29, 0.717) is 40.4 Å². The van der Waals surface area contributed by atoms with Crippen LogP contribution in [0.15, 0.2) is 75.9 Å². The Balaban J connectivity index is 1.72. The molecule has 8 nitrogen and oxygen atoms in total. The molecule has 1 amide bonds. The Kier molecular flexibility index (Phi) is 8.78. The van der Waals surface area contributed by atoms with Crippen molar-refractivity contribution in [2.75, 3.05) is 20.8 Å². The topological polar surface area (TPSA) is 89.5 Å². The highest BCUT2D eigenvalue weighted by atomic mass is 32.2. The van der Waals surface area contributed by atoms with Crippen molar-refractivity contribution >= 4 is 28.8 Å². The van der Waals surface area contributed by atoms with Crippen LogP contribution >= 0.6 is 11.8 Å². The lowest BCUT2D eigenvalue weighted by Crippen LogP contribution is -2.38. The first-order valence-corrected chi connectivity index (χ1v) is 13.3. The van der Waals surface area contributed by atoms with Gasteiger partial charge in [-0.2, -0.15) is 0 Å². The molecule has 0 aliphatic carbocycles. The van der Waals surface area contributed by atoms with Gasteiger partial charge in [0.1, 0.15) is 18.1 Å². The fourth-order valence-corrected chi connectivity index (χ4v) is 5.28. The fourth-order valence-electron chi connectivity index (χ4n) is 4.32. The summed E-state index contributed by atoms with van der Waals surface area (Å²) in [6.45, 7) is 6.63.